The van der Waals surface area contributed by atoms with Crippen molar-refractivity contribution in [2.45, 2.75) is 49.2 Å². The molecule has 0 spiro atoms. The molecule has 0 amide bonds. The number of anilines is 1. The summed E-state index contributed by atoms with van der Waals surface area (Å²) in [6.45, 7) is 1.10. The summed E-state index contributed by atoms with van der Waals surface area (Å²) in [7, 11) is -3.20. The number of sulfonamides is 1. The van der Waals surface area contributed by atoms with Crippen LogP contribution in [-0.4, -0.2) is 39.3 Å². The number of rotatable bonds is 3. The molecule has 2 aliphatic heterocycles. The van der Waals surface area contributed by atoms with Crippen molar-refractivity contribution in [2.24, 2.45) is 0 Å². The van der Waals surface area contributed by atoms with Crippen LogP contribution in [0.2, 0.25) is 0 Å². The molecule has 3 atom stereocenters. The van der Waals surface area contributed by atoms with Crippen molar-refractivity contribution in [3.63, 3.8) is 0 Å². The van der Waals surface area contributed by atoms with Gasteiger partial charge in [-0.25, -0.2) is 0 Å². The second kappa shape index (κ2) is 5.44. The van der Waals surface area contributed by atoms with Gasteiger partial charge in [-0.15, -0.1) is 4.31 Å². The van der Waals surface area contributed by atoms with Gasteiger partial charge in [0.15, 0.2) is 0 Å². The SMILES string of the molecule is O=[S+]([O-])(C1CC1)N1C2CCC1CN(c1ccc(C(F)(F)F)cc1)C2. The van der Waals surface area contributed by atoms with E-state index in [1.807, 2.05) is 4.90 Å². The number of piperazine rings is 1. The van der Waals surface area contributed by atoms with E-state index in [1.165, 1.54) is 12.1 Å². The minimum Gasteiger partial charge on any atom is -0.597 e. The normalized spacial score (nSPS) is 30.4. The van der Waals surface area contributed by atoms with Crippen LogP contribution < -0.4 is 4.90 Å². The van der Waals surface area contributed by atoms with Crippen molar-refractivity contribution < 1.29 is 21.9 Å². The maximum absolute atomic E-state index is 12.7. The minimum absolute atomic E-state index is 0.0587. The Kier molecular flexibility index (Phi) is 3.71. The Morgan fingerprint density at radius 2 is 1.54 bits per heavy atom. The quantitative estimate of drug-likeness (QED) is 0.779. The fraction of sp³-hybridized carbons (Fsp3) is 0.625. The van der Waals surface area contributed by atoms with E-state index in [2.05, 4.69) is 0 Å². The van der Waals surface area contributed by atoms with Crippen LogP contribution >= 0.6 is 0 Å². The maximum atomic E-state index is 12.7. The molecule has 132 valence electrons. The number of fused-ring (bicyclic) bond motifs is 2. The molecule has 4 nitrogen and oxygen atoms in total. The summed E-state index contributed by atoms with van der Waals surface area (Å²) in [6, 6.07) is 5.02. The molecule has 1 aliphatic carbocycles. The van der Waals surface area contributed by atoms with E-state index in [4.69, 9.17) is 0 Å². The molecule has 0 N–H and O–H groups in total. The van der Waals surface area contributed by atoms with Crippen molar-refractivity contribution in [1.29, 1.82) is 0 Å². The third-order valence-corrected chi connectivity index (χ3v) is 7.71. The number of alkyl halides is 3. The fourth-order valence-corrected chi connectivity index (χ4v) is 6.14. The summed E-state index contributed by atoms with van der Waals surface area (Å²) in [5, 5.41) is -0.210. The summed E-state index contributed by atoms with van der Waals surface area (Å²) in [6.07, 6.45) is -1.18. The molecule has 3 unspecified atom stereocenters. The lowest BCUT2D eigenvalue weighted by molar-refractivity contribution is -0.137. The van der Waals surface area contributed by atoms with Gasteiger partial charge in [-0.1, -0.05) is 4.21 Å². The molecule has 8 heteroatoms. The zero-order valence-electron chi connectivity index (χ0n) is 13.0. The Balaban J connectivity index is 1.52. The number of hydrogen-bond donors (Lipinski definition) is 0. The summed E-state index contributed by atoms with van der Waals surface area (Å²) >= 11 is 0. The molecule has 2 bridgehead atoms. The van der Waals surface area contributed by atoms with Gasteiger partial charge in [-0.2, -0.15) is 13.2 Å². The lowest BCUT2D eigenvalue weighted by atomic mass is 10.1. The number of nitrogens with zero attached hydrogens (tertiary/aromatic N) is 2. The first-order chi connectivity index (χ1) is 11.3. The highest BCUT2D eigenvalue weighted by molar-refractivity contribution is 7.96. The molecular formula is C16H19F3N2O2S. The first-order valence-corrected chi connectivity index (χ1v) is 9.72. The number of benzene rings is 1. The van der Waals surface area contributed by atoms with Crippen molar-refractivity contribution >= 4 is 16.1 Å². The van der Waals surface area contributed by atoms with Gasteiger partial charge in [0.05, 0.1) is 17.6 Å². The van der Waals surface area contributed by atoms with E-state index in [0.717, 1.165) is 43.5 Å². The van der Waals surface area contributed by atoms with Crippen LogP contribution in [0.25, 0.3) is 0 Å². The lowest BCUT2D eigenvalue weighted by Gasteiger charge is -2.42. The molecule has 3 aliphatic rings. The van der Waals surface area contributed by atoms with E-state index in [1.54, 1.807) is 4.31 Å². The second-order valence-corrected chi connectivity index (χ2v) is 9.03. The van der Waals surface area contributed by atoms with Gasteiger partial charge in [0.2, 0.25) is 0 Å². The van der Waals surface area contributed by atoms with Gasteiger partial charge < -0.3 is 9.45 Å². The van der Waals surface area contributed by atoms with Crippen molar-refractivity contribution in [1.82, 2.24) is 4.31 Å². The number of halogens is 3. The molecule has 1 aromatic rings. The van der Waals surface area contributed by atoms with Gasteiger partial charge in [-0.05, 0) is 37.1 Å². The second-order valence-electron chi connectivity index (χ2n) is 6.91. The highest BCUT2D eigenvalue weighted by Crippen LogP contribution is 2.43. The topological polar surface area (TPSA) is 46.6 Å². The highest BCUT2D eigenvalue weighted by Gasteiger charge is 2.55. The molecule has 0 aromatic heterocycles. The fourth-order valence-electron chi connectivity index (χ4n) is 3.89. The Morgan fingerprint density at radius 1 is 1.00 bits per heavy atom. The Morgan fingerprint density at radius 3 is 2.00 bits per heavy atom. The predicted molar refractivity (Wildman–Crippen MR) is 84.2 cm³/mol. The molecule has 3 fully saturated rings. The molecule has 2 heterocycles. The van der Waals surface area contributed by atoms with Crippen molar-refractivity contribution in [3.05, 3.63) is 29.8 Å². The summed E-state index contributed by atoms with van der Waals surface area (Å²) < 4.78 is 64.9. The van der Waals surface area contributed by atoms with Crippen molar-refractivity contribution in [2.75, 3.05) is 18.0 Å². The molecular weight excluding hydrogens is 341 g/mol. The molecule has 1 saturated carbocycles. The zero-order valence-corrected chi connectivity index (χ0v) is 13.9. The molecule has 2 saturated heterocycles. The van der Waals surface area contributed by atoms with Gasteiger partial charge in [0.1, 0.15) is 15.6 Å². The average Bonchev–Trinajstić information content (AvgIpc) is 3.33. The predicted octanol–water partition coefficient (Wildman–Crippen LogP) is 3.07. The average molecular weight is 360 g/mol. The smallest absolute Gasteiger partial charge is 0.416 e. The van der Waals surface area contributed by atoms with Crippen LogP contribution in [0.15, 0.2) is 24.3 Å². The van der Waals surface area contributed by atoms with Crippen LogP contribution in [0.1, 0.15) is 31.2 Å². The Hall–Kier alpha value is -1.12. The first-order valence-electron chi connectivity index (χ1n) is 8.21. The third kappa shape index (κ3) is 2.74. The van der Waals surface area contributed by atoms with E-state index in [0.29, 0.717) is 13.1 Å². The van der Waals surface area contributed by atoms with Gasteiger partial charge in [-0.3, -0.25) is 0 Å². The van der Waals surface area contributed by atoms with Crippen molar-refractivity contribution in [3.8, 4) is 0 Å². The number of hydrogen-bond acceptors (Lipinski definition) is 3. The zero-order chi connectivity index (χ0) is 17.1. The lowest BCUT2D eigenvalue weighted by Crippen LogP contribution is -2.58. The van der Waals surface area contributed by atoms with Crippen LogP contribution in [0.4, 0.5) is 18.9 Å². The van der Waals surface area contributed by atoms with Gasteiger partial charge >= 0.3 is 6.18 Å². The van der Waals surface area contributed by atoms with Gasteiger partial charge in [0.25, 0.3) is 0 Å². The summed E-state index contributed by atoms with van der Waals surface area (Å²) in [5.41, 5.74) is 0.0625. The molecule has 4 rings (SSSR count). The van der Waals surface area contributed by atoms with Crippen LogP contribution in [-0.2, 0) is 20.8 Å². The summed E-state index contributed by atoms with van der Waals surface area (Å²) in [5.74, 6) is 0. The van der Waals surface area contributed by atoms with E-state index < -0.39 is 22.1 Å². The van der Waals surface area contributed by atoms with Crippen LogP contribution in [0, 0.1) is 0 Å². The molecule has 1 aromatic carbocycles. The maximum Gasteiger partial charge on any atom is 0.416 e. The Bertz CT molecular complexity index is 661. The van der Waals surface area contributed by atoms with Crippen LogP contribution in [0.5, 0.6) is 0 Å². The molecule has 24 heavy (non-hydrogen) atoms. The summed E-state index contributed by atoms with van der Waals surface area (Å²) in [4.78, 5) is 2.02. The Labute approximate surface area is 140 Å². The van der Waals surface area contributed by atoms with E-state index in [-0.39, 0.29) is 17.3 Å². The van der Waals surface area contributed by atoms with Crippen LogP contribution in [0.3, 0.4) is 0 Å². The van der Waals surface area contributed by atoms with Gasteiger partial charge in [0, 0.05) is 31.6 Å². The molecule has 0 radical (unpaired) electrons. The first kappa shape index (κ1) is 16.4. The standard InChI is InChI=1S/C16H19F3N2O2S/c17-16(18,19)11-1-3-12(4-2-11)20-9-13-5-6-14(10-20)21(13)24(22,23)15-7-8-15/h1-4,13-15H,5-10H2. The minimum atomic E-state index is -4.34. The highest BCUT2D eigenvalue weighted by atomic mass is 32.3. The largest absolute Gasteiger partial charge is 0.597 e. The third-order valence-electron chi connectivity index (χ3n) is 5.21. The van der Waals surface area contributed by atoms with E-state index in [9.17, 15) is 21.9 Å². The monoisotopic (exact) mass is 360 g/mol. The van der Waals surface area contributed by atoms with E-state index >= 15 is 0 Å².